The van der Waals surface area contributed by atoms with E-state index in [-0.39, 0.29) is 11.7 Å². The minimum absolute atomic E-state index is 0.108. The number of aromatic hydroxyl groups is 1. The van der Waals surface area contributed by atoms with Crippen molar-refractivity contribution in [2.24, 2.45) is 5.73 Å². The monoisotopic (exact) mass is 227 g/mol. The average molecular weight is 227 g/mol. The SMILES string of the molecule is COc1cc(SCCC(N)=O)ccc1O. The van der Waals surface area contributed by atoms with Crippen LogP contribution in [-0.4, -0.2) is 23.9 Å². The van der Waals surface area contributed by atoms with Crippen LogP contribution >= 0.6 is 11.8 Å². The summed E-state index contributed by atoms with van der Waals surface area (Å²) in [6.45, 7) is 0. The molecule has 1 rings (SSSR count). The van der Waals surface area contributed by atoms with Crippen LogP contribution < -0.4 is 10.5 Å². The lowest BCUT2D eigenvalue weighted by Gasteiger charge is -2.05. The van der Waals surface area contributed by atoms with Gasteiger partial charge in [-0.25, -0.2) is 0 Å². The van der Waals surface area contributed by atoms with Crippen molar-refractivity contribution in [2.75, 3.05) is 12.9 Å². The summed E-state index contributed by atoms with van der Waals surface area (Å²) in [5.74, 6) is 0.854. The van der Waals surface area contributed by atoms with E-state index in [4.69, 9.17) is 10.5 Å². The molecule has 1 amide bonds. The quantitative estimate of drug-likeness (QED) is 0.745. The highest BCUT2D eigenvalue weighted by atomic mass is 32.2. The molecule has 82 valence electrons. The van der Waals surface area contributed by atoms with Gasteiger partial charge in [0.05, 0.1) is 7.11 Å². The van der Waals surface area contributed by atoms with Crippen LogP contribution in [0.4, 0.5) is 0 Å². The van der Waals surface area contributed by atoms with Gasteiger partial charge in [-0.2, -0.15) is 0 Å². The fourth-order valence-corrected chi connectivity index (χ4v) is 1.91. The number of phenols is 1. The first-order chi connectivity index (χ1) is 7.13. The summed E-state index contributed by atoms with van der Waals surface area (Å²) in [6, 6.07) is 5.05. The number of carbonyl (C=O) groups is 1. The van der Waals surface area contributed by atoms with E-state index in [9.17, 15) is 9.90 Å². The van der Waals surface area contributed by atoms with Gasteiger partial charge < -0.3 is 15.6 Å². The third kappa shape index (κ3) is 3.71. The largest absolute Gasteiger partial charge is 0.504 e. The van der Waals surface area contributed by atoms with Crippen LogP contribution in [0.3, 0.4) is 0 Å². The number of primary amides is 1. The summed E-state index contributed by atoms with van der Waals surface area (Å²) < 4.78 is 4.96. The Morgan fingerprint density at radius 2 is 2.33 bits per heavy atom. The molecule has 0 aliphatic heterocycles. The van der Waals surface area contributed by atoms with Gasteiger partial charge in [0.2, 0.25) is 5.91 Å². The molecule has 0 saturated carbocycles. The first-order valence-corrected chi connectivity index (χ1v) is 5.40. The molecule has 0 atom stereocenters. The summed E-state index contributed by atoms with van der Waals surface area (Å²) in [5, 5.41) is 9.34. The van der Waals surface area contributed by atoms with Gasteiger partial charge in [-0.05, 0) is 18.2 Å². The third-order valence-electron chi connectivity index (χ3n) is 1.77. The van der Waals surface area contributed by atoms with Crippen molar-refractivity contribution in [1.82, 2.24) is 0 Å². The molecule has 3 N–H and O–H groups in total. The van der Waals surface area contributed by atoms with Crippen LogP contribution in [0.2, 0.25) is 0 Å². The molecular weight excluding hydrogens is 214 g/mol. The Hall–Kier alpha value is -1.36. The molecule has 0 fully saturated rings. The van der Waals surface area contributed by atoms with Crippen LogP contribution in [0.25, 0.3) is 0 Å². The zero-order valence-electron chi connectivity index (χ0n) is 8.40. The molecule has 0 heterocycles. The Bertz CT molecular complexity index is 355. The smallest absolute Gasteiger partial charge is 0.218 e. The maximum atomic E-state index is 10.5. The predicted octanol–water partition coefficient (Wildman–Crippen LogP) is 1.37. The molecule has 0 aromatic heterocycles. The summed E-state index contributed by atoms with van der Waals surface area (Å²) in [4.78, 5) is 11.4. The predicted molar refractivity (Wildman–Crippen MR) is 59.2 cm³/mol. The topological polar surface area (TPSA) is 72.5 Å². The zero-order valence-corrected chi connectivity index (χ0v) is 9.21. The Kier molecular flexibility index (Phi) is 4.30. The standard InChI is InChI=1S/C10H13NO3S/c1-14-9-6-7(2-3-8(9)12)15-5-4-10(11)13/h2-3,6,12H,4-5H2,1H3,(H2,11,13). The van der Waals surface area contributed by atoms with E-state index in [0.29, 0.717) is 17.9 Å². The Balaban J connectivity index is 2.58. The Morgan fingerprint density at radius 1 is 1.60 bits per heavy atom. The summed E-state index contributed by atoms with van der Waals surface area (Å²) in [7, 11) is 1.49. The van der Waals surface area contributed by atoms with Gasteiger partial charge in [0.1, 0.15) is 0 Å². The number of nitrogens with two attached hydrogens (primary N) is 1. The number of benzene rings is 1. The molecule has 0 radical (unpaired) electrons. The average Bonchev–Trinajstić information content (AvgIpc) is 2.20. The number of hydrogen-bond acceptors (Lipinski definition) is 4. The molecule has 1 aromatic rings. The number of thioether (sulfide) groups is 1. The highest BCUT2D eigenvalue weighted by molar-refractivity contribution is 7.99. The van der Waals surface area contributed by atoms with Crippen LogP contribution in [0.1, 0.15) is 6.42 Å². The molecule has 4 nitrogen and oxygen atoms in total. The minimum atomic E-state index is -0.312. The van der Waals surface area contributed by atoms with E-state index in [0.717, 1.165) is 4.90 Å². The van der Waals surface area contributed by atoms with Crippen molar-refractivity contribution in [3.8, 4) is 11.5 Å². The van der Waals surface area contributed by atoms with E-state index in [2.05, 4.69) is 0 Å². The molecule has 0 spiro atoms. The van der Waals surface area contributed by atoms with Crippen LogP contribution in [0, 0.1) is 0 Å². The summed E-state index contributed by atoms with van der Waals surface area (Å²) in [5.41, 5.74) is 5.02. The second-order valence-corrected chi connectivity index (χ2v) is 4.07. The van der Waals surface area contributed by atoms with E-state index in [1.165, 1.54) is 18.9 Å². The lowest BCUT2D eigenvalue weighted by Crippen LogP contribution is -2.10. The van der Waals surface area contributed by atoms with E-state index < -0.39 is 0 Å². The molecule has 0 aliphatic carbocycles. The number of hydrogen-bond donors (Lipinski definition) is 2. The van der Waals surface area contributed by atoms with Crippen molar-refractivity contribution in [3.05, 3.63) is 18.2 Å². The highest BCUT2D eigenvalue weighted by Gasteiger charge is 2.03. The normalized spacial score (nSPS) is 9.93. The maximum Gasteiger partial charge on any atom is 0.218 e. The van der Waals surface area contributed by atoms with Crippen molar-refractivity contribution in [2.45, 2.75) is 11.3 Å². The van der Waals surface area contributed by atoms with Crippen molar-refractivity contribution in [1.29, 1.82) is 0 Å². The first kappa shape index (κ1) is 11.7. The highest BCUT2D eigenvalue weighted by Crippen LogP contribution is 2.30. The lowest BCUT2D eigenvalue weighted by atomic mass is 10.3. The number of amides is 1. The maximum absolute atomic E-state index is 10.5. The molecule has 1 aromatic carbocycles. The fraction of sp³-hybridized carbons (Fsp3) is 0.300. The van der Waals surface area contributed by atoms with Gasteiger partial charge in [-0.1, -0.05) is 0 Å². The van der Waals surface area contributed by atoms with Gasteiger partial charge >= 0.3 is 0 Å². The van der Waals surface area contributed by atoms with E-state index in [1.54, 1.807) is 18.2 Å². The molecule has 0 saturated heterocycles. The van der Waals surface area contributed by atoms with Crippen LogP contribution in [0.15, 0.2) is 23.1 Å². The first-order valence-electron chi connectivity index (χ1n) is 4.41. The van der Waals surface area contributed by atoms with Crippen LogP contribution in [0.5, 0.6) is 11.5 Å². The van der Waals surface area contributed by atoms with Gasteiger partial charge in [-0.3, -0.25) is 4.79 Å². The van der Waals surface area contributed by atoms with Crippen molar-refractivity contribution < 1.29 is 14.6 Å². The number of carbonyl (C=O) groups excluding carboxylic acids is 1. The molecule has 0 aliphatic rings. The van der Waals surface area contributed by atoms with Crippen LogP contribution in [-0.2, 0) is 4.79 Å². The van der Waals surface area contributed by atoms with Gasteiger partial charge in [0, 0.05) is 17.1 Å². The molecular formula is C10H13NO3S. The number of ether oxygens (including phenoxy) is 1. The van der Waals surface area contributed by atoms with Gasteiger partial charge in [-0.15, -0.1) is 11.8 Å². The molecule has 15 heavy (non-hydrogen) atoms. The van der Waals surface area contributed by atoms with Gasteiger partial charge in [0.15, 0.2) is 11.5 Å². The summed E-state index contributed by atoms with van der Waals surface area (Å²) >= 11 is 1.50. The summed E-state index contributed by atoms with van der Waals surface area (Å²) in [6.07, 6.45) is 0.341. The molecule has 5 heteroatoms. The third-order valence-corrected chi connectivity index (χ3v) is 2.76. The second kappa shape index (κ2) is 5.50. The number of methoxy groups -OCH3 is 1. The molecule has 0 bridgehead atoms. The fourth-order valence-electron chi connectivity index (χ4n) is 1.02. The molecule has 0 unspecified atom stereocenters. The Morgan fingerprint density at radius 3 is 2.93 bits per heavy atom. The number of phenolic OH excluding ortho intramolecular Hbond substituents is 1. The number of rotatable bonds is 5. The van der Waals surface area contributed by atoms with Gasteiger partial charge in [0.25, 0.3) is 0 Å². The minimum Gasteiger partial charge on any atom is -0.504 e. The van der Waals surface area contributed by atoms with E-state index in [1.807, 2.05) is 0 Å². The Labute approximate surface area is 92.4 Å². The van der Waals surface area contributed by atoms with Crippen molar-refractivity contribution in [3.63, 3.8) is 0 Å². The second-order valence-electron chi connectivity index (χ2n) is 2.90. The van der Waals surface area contributed by atoms with E-state index >= 15 is 0 Å². The van der Waals surface area contributed by atoms with Crippen molar-refractivity contribution >= 4 is 17.7 Å². The lowest BCUT2D eigenvalue weighted by molar-refractivity contribution is -0.117. The zero-order chi connectivity index (χ0) is 11.3.